The standard InChI is InChI=1S/C27H41NO2/c1-25(2,3)21-26(4,5)22-11-13-24(14-12-22)30-20-19-28-17-15-27(29,16-18-28)23-9-7-6-8-10-23/h6-13,24,29H,14-21H2,1-5H3. The van der Waals surface area contributed by atoms with E-state index in [-0.39, 0.29) is 11.5 Å². The van der Waals surface area contributed by atoms with Crippen molar-refractivity contribution in [1.82, 2.24) is 4.90 Å². The lowest BCUT2D eigenvalue weighted by Gasteiger charge is -2.38. The van der Waals surface area contributed by atoms with E-state index in [2.05, 4.69) is 57.7 Å². The lowest BCUT2D eigenvalue weighted by Crippen LogP contribution is -2.43. The summed E-state index contributed by atoms with van der Waals surface area (Å²) < 4.78 is 6.15. The van der Waals surface area contributed by atoms with Crippen molar-refractivity contribution in [3.8, 4) is 0 Å². The summed E-state index contributed by atoms with van der Waals surface area (Å²) in [6, 6.07) is 10.1. The van der Waals surface area contributed by atoms with Gasteiger partial charge >= 0.3 is 0 Å². The maximum absolute atomic E-state index is 11.0. The molecule has 30 heavy (non-hydrogen) atoms. The lowest BCUT2D eigenvalue weighted by atomic mass is 9.71. The van der Waals surface area contributed by atoms with E-state index in [4.69, 9.17) is 4.74 Å². The number of hydrogen-bond acceptors (Lipinski definition) is 3. The van der Waals surface area contributed by atoms with Gasteiger partial charge in [-0.25, -0.2) is 0 Å². The van der Waals surface area contributed by atoms with Crippen LogP contribution in [0.2, 0.25) is 0 Å². The van der Waals surface area contributed by atoms with Crippen LogP contribution in [-0.2, 0) is 10.3 Å². The van der Waals surface area contributed by atoms with Crippen LogP contribution < -0.4 is 0 Å². The summed E-state index contributed by atoms with van der Waals surface area (Å²) in [5.41, 5.74) is 2.33. The Bertz CT molecular complexity index is 734. The molecule has 166 valence electrons. The van der Waals surface area contributed by atoms with Crippen LogP contribution >= 0.6 is 0 Å². The topological polar surface area (TPSA) is 32.7 Å². The minimum Gasteiger partial charge on any atom is -0.385 e. The fourth-order valence-corrected chi connectivity index (χ4v) is 5.17. The Balaban J connectivity index is 1.39. The summed E-state index contributed by atoms with van der Waals surface area (Å²) in [5.74, 6) is 0. The second-order valence-electron chi connectivity index (χ2n) is 11.0. The van der Waals surface area contributed by atoms with Crippen LogP contribution in [0.1, 0.15) is 65.9 Å². The van der Waals surface area contributed by atoms with Gasteiger partial charge in [0.1, 0.15) is 0 Å². The van der Waals surface area contributed by atoms with Gasteiger partial charge in [0.2, 0.25) is 0 Å². The van der Waals surface area contributed by atoms with Crippen molar-refractivity contribution in [2.45, 2.75) is 72.0 Å². The Labute approximate surface area is 183 Å². The number of nitrogens with zero attached hydrogens (tertiary/aromatic N) is 1. The van der Waals surface area contributed by atoms with Crippen molar-refractivity contribution in [2.75, 3.05) is 26.2 Å². The van der Waals surface area contributed by atoms with Gasteiger partial charge in [0.05, 0.1) is 18.3 Å². The zero-order chi connectivity index (χ0) is 21.8. The van der Waals surface area contributed by atoms with E-state index in [1.54, 1.807) is 0 Å². The predicted octanol–water partition coefficient (Wildman–Crippen LogP) is 5.70. The number of benzene rings is 1. The first-order valence-corrected chi connectivity index (χ1v) is 11.6. The molecule has 1 aromatic rings. The third-order valence-electron chi connectivity index (χ3n) is 6.55. The molecule has 1 heterocycles. The summed E-state index contributed by atoms with van der Waals surface area (Å²) in [6.07, 6.45) is 10.8. The van der Waals surface area contributed by atoms with Crippen LogP contribution in [0.3, 0.4) is 0 Å². The highest BCUT2D eigenvalue weighted by Gasteiger charge is 2.33. The summed E-state index contributed by atoms with van der Waals surface area (Å²) in [7, 11) is 0. The van der Waals surface area contributed by atoms with Crippen molar-refractivity contribution >= 4 is 0 Å². The highest BCUT2D eigenvalue weighted by molar-refractivity contribution is 5.30. The van der Waals surface area contributed by atoms with E-state index in [0.29, 0.717) is 5.41 Å². The molecule has 1 aliphatic carbocycles. The number of likely N-dealkylation sites (tertiary alicyclic amines) is 1. The molecule has 1 aliphatic heterocycles. The van der Waals surface area contributed by atoms with Gasteiger partial charge in [-0.3, -0.25) is 0 Å². The van der Waals surface area contributed by atoms with Gasteiger partial charge in [0.15, 0.2) is 0 Å². The van der Waals surface area contributed by atoms with Gasteiger partial charge in [0.25, 0.3) is 0 Å². The monoisotopic (exact) mass is 411 g/mol. The fraction of sp³-hybridized carbons (Fsp3) is 0.630. The predicted molar refractivity (Wildman–Crippen MR) is 125 cm³/mol. The summed E-state index contributed by atoms with van der Waals surface area (Å²) >= 11 is 0. The summed E-state index contributed by atoms with van der Waals surface area (Å²) in [4.78, 5) is 2.41. The molecule has 1 unspecified atom stereocenters. The molecule has 1 fully saturated rings. The van der Waals surface area contributed by atoms with Crippen molar-refractivity contribution in [3.63, 3.8) is 0 Å². The van der Waals surface area contributed by atoms with E-state index in [9.17, 15) is 5.11 Å². The molecule has 3 nitrogen and oxygen atoms in total. The molecule has 1 N–H and O–H groups in total. The maximum atomic E-state index is 11.0. The summed E-state index contributed by atoms with van der Waals surface area (Å²) in [6.45, 7) is 15.2. The smallest absolute Gasteiger partial charge is 0.0920 e. The van der Waals surface area contributed by atoms with Crippen molar-refractivity contribution in [1.29, 1.82) is 0 Å². The zero-order valence-electron chi connectivity index (χ0n) is 19.7. The Hall–Kier alpha value is -1.42. The molecule has 1 aromatic carbocycles. The number of hydrogen-bond donors (Lipinski definition) is 1. The van der Waals surface area contributed by atoms with Crippen molar-refractivity contribution in [3.05, 3.63) is 59.7 Å². The third-order valence-corrected chi connectivity index (χ3v) is 6.55. The van der Waals surface area contributed by atoms with E-state index < -0.39 is 5.60 Å². The number of rotatable bonds is 7. The van der Waals surface area contributed by atoms with Gasteiger partial charge < -0.3 is 14.7 Å². The van der Waals surface area contributed by atoms with Crippen LogP contribution in [0.15, 0.2) is 54.1 Å². The number of ether oxygens (including phenoxy) is 1. The highest BCUT2D eigenvalue weighted by atomic mass is 16.5. The molecule has 1 saturated heterocycles. The quantitative estimate of drug-likeness (QED) is 0.624. The molecule has 0 bridgehead atoms. The normalized spacial score (nSPS) is 22.7. The number of allylic oxidation sites excluding steroid dienone is 2. The maximum Gasteiger partial charge on any atom is 0.0920 e. The molecular weight excluding hydrogens is 370 g/mol. The van der Waals surface area contributed by atoms with Gasteiger partial charge in [-0.15, -0.1) is 0 Å². The SMILES string of the molecule is CC(C)(C)CC(C)(C)C1=CCC(OCCN2CCC(O)(c3ccccc3)CC2)C=C1. The minimum atomic E-state index is -0.675. The molecule has 2 aliphatic rings. The number of piperidine rings is 1. The molecule has 0 radical (unpaired) electrons. The van der Waals surface area contributed by atoms with Crippen LogP contribution in [0.5, 0.6) is 0 Å². The van der Waals surface area contributed by atoms with E-state index in [0.717, 1.165) is 51.1 Å². The van der Waals surface area contributed by atoms with Crippen LogP contribution in [0.4, 0.5) is 0 Å². The minimum absolute atomic E-state index is 0.185. The molecular formula is C27H41NO2. The average Bonchev–Trinajstić information content (AvgIpc) is 2.69. The largest absolute Gasteiger partial charge is 0.385 e. The van der Waals surface area contributed by atoms with Crippen LogP contribution in [0, 0.1) is 10.8 Å². The molecule has 0 spiro atoms. The first kappa shape index (κ1) is 23.2. The Morgan fingerprint density at radius 3 is 2.30 bits per heavy atom. The summed E-state index contributed by atoms with van der Waals surface area (Å²) in [5, 5.41) is 11.0. The van der Waals surface area contributed by atoms with Crippen molar-refractivity contribution in [2.24, 2.45) is 10.8 Å². The zero-order valence-corrected chi connectivity index (χ0v) is 19.7. The Morgan fingerprint density at radius 1 is 1.07 bits per heavy atom. The first-order valence-electron chi connectivity index (χ1n) is 11.6. The van der Waals surface area contributed by atoms with Gasteiger partial charge in [-0.05, 0) is 47.6 Å². The molecule has 1 atom stereocenters. The average molecular weight is 412 g/mol. The first-order chi connectivity index (χ1) is 14.1. The van der Waals surface area contributed by atoms with E-state index in [1.807, 2.05) is 30.3 Å². The molecule has 3 rings (SSSR count). The lowest BCUT2D eigenvalue weighted by molar-refractivity contribution is -0.0334. The van der Waals surface area contributed by atoms with Crippen LogP contribution in [-0.4, -0.2) is 42.4 Å². The van der Waals surface area contributed by atoms with Gasteiger partial charge in [-0.2, -0.15) is 0 Å². The molecule has 0 aromatic heterocycles. The Kier molecular flexibility index (Phi) is 7.27. The Morgan fingerprint density at radius 2 is 1.73 bits per heavy atom. The highest BCUT2D eigenvalue weighted by Crippen LogP contribution is 2.40. The van der Waals surface area contributed by atoms with Gasteiger partial charge in [-0.1, -0.05) is 83.2 Å². The van der Waals surface area contributed by atoms with E-state index in [1.165, 1.54) is 12.0 Å². The molecule has 0 amide bonds. The van der Waals surface area contributed by atoms with Crippen molar-refractivity contribution < 1.29 is 9.84 Å². The van der Waals surface area contributed by atoms with E-state index >= 15 is 0 Å². The molecule has 3 heteroatoms. The third kappa shape index (κ3) is 6.29. The van der Waals surface area contributed by atoms with Gasteiger partial charge in [0, 0.05) is 19.6 Å². The number of aliphatic hydroxyl groups is 1. The fourth-order valence-electron chi connectivity index (χ4n) is 5.17. The second kappa shape index (κ2) is 9.38. The van der Waals surface area contributed by atoms with Crippen LogP contribution in [0.25, 0.3) is 0 Å². The second-order valence-corrected chi connectivity index (χ2v) is 11.0. The molecule has 0 saturated carbocycles.